The molecule has 37 heavy (non-hydrogen) atoms. The molecule has 0 aromatic rings. The fraction of sp³-hybridized carbons (Fsp3) is 0.731. The molecule has 4 rings (SSSR count). The number of likely N-dealkylation sites (N-methyl/N-ethyl adjacent to an activating group) is 1. The molecule has 0 saturated carbocycles. The average molecular weight is 600 g/mol. The third kappa shape index (κ3) is 5.02. The largest absolute Gasteiger partial charge is 0.394 e. The number of ether oxygens (including phenoxy) is 1. The minimum Gasteiger partial charge on any atom is -0.394 e. The predicted octanol–water partition coefficient (Wildman–Crippen LogP) is 0.823. The van der Waals surface area contributed by atoms with Gasteiger partial charge in [-0.3, -0.25) is 19.3 Å². The summed E-state index contributed by atoms with van der Waals surface area (Å²) in [6.45, 7) is 14.1. The zero-order chi connectivity index (χ0) is 26.9. The Kier molecular flexibility index (Phi) is 9.10. The number of thioether (sulfide) groups is 1. The van der Waals surface area contributed by atoms with Crippen molar-refractivity contribution < 1.29 is 24.2 Å². The Hall–Kier alpha value is -1.40. The molecule has 9 nitrogen and oxygen atoms in total. The predicted molar refractivity (Wildman–Crippen MR) is 147 cm³/mol. The Morgan fingerprint density at radius 3 is 2.57 bits per heavy atom. The maximum absolute atomic E-state index is 14.4. The van der Waals surface area contributed by atoms with E-state index < -0.39 is 28.7 Å². The van der Waals surface area contributed by atoms with Gasteiger partial charge in [0.05, 0.1) is 42.4 Å². The lowest BCUT2D eigenvalue weighted by Gasteiger charge is -2.40. The zero-order valence-electron chi connectivity index (χ0n) is 21.8. The Balaban J connectivity index is 1.67. The van der Waals surface area contributed by atoms with Crippen molar-refractivity contribution in [1.82, 2.24) is 19.6 Å². The number of halogens is 1. The van der Waals surface area contributed by atoms with Crippen molar-refractivity contribution in [3.63, 3.8) is 0 Å². The van der Waals surface area contributed by atoms with E-state index in [1.54, 1.807) is 52.6 Å². The van der Waals surface area contributed by atoms with E-state index in [0.717, 1.165) is 13.1 Å². The smallest absolute Gasteiger partial charge is 0.247 e. The number of likely N-dealkylation sites (tertiary alicyclic amines) is 1. The molecule has 4 aliphatic rings. The first-order chi connectivity index (χ1) is 17.7. The van der Waals surface area contributed by atoms with Crippen LogP contribution < -0.4 is 0 Å². The minimum atomic E-state index is -0.755. The molecule has 7 atom stereocenters. The summed E-state index contributed by atoms with van der Waals surface area (Å²) in [5.41, 5.74) is 0. The van der Waals surface area contributed by atoms with Crippen LogP contribution in [0.1, 0.15) is 13.3 Å². The number of alkyl halides is 1. The molecule has 4 aliphatic heterocycles. The number of aliphatic hydroxyl groups is 1. The van der Waals surface area contributed by atoms with Crippen LogP contribution in [0.25, 0.3) is 0 Å². The Labute approximate surface area is 232 Å². The molecule has 11 heteroatoms. The zero-order valence-corrected chi connectivity index (χ0v) is 24.2. The number of carbonyl (C=O) groups is 3. The monoisotopic (exact) mass is 598 g/mol. The summed E-state index contributed by atoms with van der Waals surface area (Å²) in [4.78, 5) is 49.3. The van der Waals surface area contributed by atoms with E-state index in [2.05, 4.69) is 34.0 Å². The number of rotatable bonds is 11. The van der Waals surface area contributed by atoms with E-state index in [4.69, 9.17) is 4.74 Å². The molecule has 3 amide bonds. The third-order valence-corrected chi connectivity index (χ3v) is 11.4. The van der Waals surface area contributed by atoms with Gasteiger partial charge >= 0.3 is 0 Å². The topological polar surface area (TPSA) is 93.6 Å². The van der Waals surface area contributed by atoms with Gasteiger partial charge in [-0.25, -0.2) is 0 Å². The maximum Gasteiger partial charge on any atom is 0.247 e. The fourth-order valence-corrected chi connectivity index (χ4v) is 10.0. The van der Waals surface area contributed by atoms with Gasteiger partial charge in [0.15, 0.2) is 0 Å². The van der Waals surface area contributed by atoms with Gasteiger partial charge in [0.1, 0.15) is 6.04 Å². The Bertz CT molecular complexity index is 917. The average Bonchev–Trinajstić information content (AvgIpc) is 3.49. The Morgan fingerprint density at radius 2 is 1.95 bits per heavy atom. The van der Waals surface area contributed by atoms with Crippen LogP contribution >= 0.6 is 27.7 Å². The van der Waals surface area contributed by atoms with Crippen LogP contribution in [-0.2, 0) is 19.1 Å². The number of amides is 3. The van der Waals surface area contributed by atoms with Crippen LogP contribution in [0, 0.1) is 11.8 Å². The van der Waals surface area contributed by atoms with Crippen LogP contribution in [0.3, 0.4) is 0 Å². The van der Waals surface area contributed by atoms with Gasteiger partial charge in [0.2, 0.25) is 17.7 Å². The van der Waals surface area contributed by atoms with E-state index in [1.807, 2.05) is 0 Å². The van der Waals surface area contributed by atoms with Gasteiger partial charge in [0, 0.05) is 56.4 Å². The maximum atomic E-state index is 14.4. The molecule has 4 saturated heterocycles. The van der Waals surface area contributed by atoms with Crippen LogP contribution in [0.2, 0.25) is 0 Å². The molecule has 0 aliphatic carbocycles. The van der Waals surface area contributed by atoms with Crippen LogP contribution in [0.15, 0.2) is 25.3 Å². The molecule has 1 spiro atoms. The minimum absolute atomic E-state index is 0.00789. The highest BCUT2D eigenvalue weighted by molar-refractivity contribution is 9.09. The Morgan fingerprint density at radius 1 is 1.27 bits per heavy atom. The van der Waals surface area contributed by atoms with Crippen molar-refractivity contribution in [2.45, 2.75) is 40.3 Å². The lowest BCUT2D eigenvalue weighted by atomic mass is 9.70. The normalized spacial score (nSPS) is 33.8. The number of nitrogens with zero attached hydrogens (tertiary/aromatic N) is 4. The third-order valence-electron chi connectivity index (χ3n) is 8.22. The highest BCUT2D eigenvalue weighted by Gasteiger charge is 2.76. The molecule has 0 radical (unpaired) electrons. The van der Waals surface area contributed by atoms with Crippen molar-refractivity contribution in [2.75, 3.05) is 66.1 Å². The molecule has 3 unspecified atom stereocenters. The summed E-state index contributed by atoms with van der Waals surface area (Å²) < 4.78 is 4.72. The molecule has 2 bridgehead atoms. The van der Waals surface area contributed by atoms with Crippen LogP contribution in [0.4, 0.5) is 0 Å². The highest BCUT2D eigenvalue weighted by atomic mass is 79.9. The van der Waals surface area contributed by atoms with Gasteiger partial charge in [0.25, 0.3) is 0 Å². The van der Waals surface area contributed by atoms with Gasteiger partial charge in [-0.05, 0) is 13.3 Å². The second-order valence-corrected chi connectivity index (χ2v) is 13.2. The first kappa shape index (κ1) is 28.6. The van der Waals surface area contributed by atoms with Gasteiger partial charge in [-0.15, -0.1) is 24.9 Å². The molecule has 4 heterocycles. The van der Waals surface area contributed by atoms with Crippen molar-refractivity contribution in [3.8, 4) is 0 Å². The summed E-state index contributed by atoms with van der Waals surface area (Å²) in [6.07, 6.45) is 4.00. The van der Waals surface area contributed by atoms with Crippen LogP contribution in [-0.4, -0.2) is 135 Å². The van der Waals surface area contributed by atoms with Gasteiger partial charge in [-0.2, -0.15) is 0 Å². The number of carbonyl (C=O) groups excluding carboxylic acids is 3. The number of aliphatic hydroxyl groups excluding tert-OH is 1. The second kappa shape index (κ2) is 11.8. The quantitative estimate of drug-likeness (QED) is 0.278. The van der Waals surface area contributed by atoms with E-state index in [-0.39, 0.29) is 34.4 Å². The van der Waals surface area contributed by atoms with Crippen molar-refractivity contribution in [1.29, 1.82) is 0 Å². The summed E-state index contributed by atoms with van der Waals surface area (Å²) in [5, 5.41) is 9.99. The SMILES string of the molecule is C=CCN(C)C(=O)[C@H]1[C@@H]2SC3(CC2Br)C(C(=O)N(CC=C)CCN2CCOCC2)N([C@H](C)CO)C(=O)[C@H]13. The van der Waals surface area contributed by atoms with E-state index >= 15 is 0 Å². The molecule has 1 N–H and O–H groups in total. The van der Waals surface area contributed by atoms with Crippen molar-refractivity contribution in [2.24, 2.45) is 11.8 Å². The lowest BCUT2D eigenvalue weighted by Crippen LogP contribution is -2.58. The van der Waals surface area contributed by atoms with Crippen molar-refractivity contribution >= 4 is 45.4 Å². The summed E-state index contributed by atoms with van der Waals surface area (Å²) in [5.74, 6) is -1.57. The molecular formula is C26H39BrN4O5S. The fourth-order valence-electron chi connectivity index (χ4n) is 6.44. The molecule has 0 aromatic heterocycles. The highest BCUT2D eigenvalue weighted by Crippen LogP contribution is 2.68. The number of hydrogen-bond donors (Lipinski definition) is 1. The molecule has 4 fully saturated rings. The number of fused-ring (bicyclic) bond motifs is 1. The first-order valence-corrected chi connectivity index (χ1v) is 14.8. The van der Waals surface area contributed by atoms with Crippen LogP contribution in [0.5, 0.6) is 0 Å². The molecule has 206 valence electrons. The van der Waals surface area contributed by atoms with Crippen molar-refractivity contribution in [3.05, 3.63) is 25.3 Å². The molecule has 0 aromatic carbocycles. The first-order valence-electron chi connectivity index (χ1n) is 13.0. The summed E-state index contributed by atoms with van der Waals surface area (Å²) in [6, 6.07) is -1.30. The lowest BCUT2D eigenvalue weighted by molar-refractivity contribution is -0.146. The standard InChI is InChI=1S/C26H39BrN4O5S/c1-5-7-28(4)23(33)19-20-24(34)31(17(3)16-32)22(26(20)15-18(27)21(19)37-26)25(35)30(8-6-2)10-9-29-11-13-36-14-12-29/h5-6,17-22,32H,1-2,7-16H2,3-4H3/t17-,18?,19-,20+,21-,22?,26?/m1/s1. The van der Waals surface area contributed by atoms with E-state index in [9.17, 15) is 19.5 Å². The molecular weight excluding hydrogens is 560 g/mol. The second-order valence-electron chi connectivity index (χ2n) is 10.5. The van der Waals surface area contributed by atoms with Gasteiger partial charge in [-0.1, -0.05) is 28.1 Å². The van der Waals surface area contributed by atoms with Gasteiger partial charge < -0.3 is 24.5 Å². The summed E-state index contributed by atoms with van der Waals surface area (Å²) in [7, 11) is 1.73. The summed E-state index contributed by atoms with van der Waals surface area (Å²) >= 11 is 5.41. The number of morpholine rings is 1. The van der Waals surface area contributed by atoms with E-state index in [0.29, 0.717) is 45.8 Å². The number of hydrogen-bond acceptors (Lipinski definition) is 7. The van der Waals surface area contributed by atoms with E-state index in [1.165, 1.54) is 0 Å².